The quantitative estimate of drug-likeness (QED) is 0.345. The first-order chi connectivity index (χ1) is 13.7. The minimum Gasteiger partial charge on any atom is -0.493 e. The summed E-state index contributed by atoms with van der Waals surface area (Å²) in [6.45, 7) is 7.79. The van der Waals surface area contributed by atoms with Crippen molar-refractivity contribution >= 4 is 22.7 Å². The lowest BCUT2D eigenvalue weighted by Crippen LogP contribution is -2.04. The van der Waals surface area contributed by atoms with Crippen LogP contribution >= 0.6 is 11.8 Å². The molecule has 0 bridgehead atoms. The highest BCUT2D eigenvalue weighted by Gasteiger charge is 2.16. The molecule has 2 aromatic carbocycles. The van der Waals surface area contributed by atoms with Gasteiger partial charge < -0.3 is 14.3 Å². The summed E-state index contributed by atoms with van der Waals surface area (Å²) in [6, 6.07) is 14.5. The molecule has 5 nitrogen and oxygen atoms in total. The molecule has 4 aromatic rings. The molecule has 0 aliphatic heterocycles. The maximum Gasteiger partial charge on any atom is 0.191 e. The standard InChI is InChI=1S/C22H24N4OS/c1-4-26-21(19-14-23-20-8-6-5-7-18(19)20)24-25-22(26)28-12-11-27-17-10-9-15(2)16(3)13-17/h5-10,13-14,23H,4,11-12H2,1-3H3. The first-order valence-corrected chi connectivity index (χ1v) is 10.5. The van der Waals surface area contributed by atoms with E-state index < -0.39 is 0 Å². The van der Waals surface area contributed by atoms with Crippen LogP contribution in [-0.4, -0.2) is 32.1 Å². The van der Waals surface area contributed by atoms with Crippen LogP contribution < -0.4 is 4.74 Å². The number of aromatic nitrogens is 4. The van der Waals surface area contributed by atoms with Gasteiger partial charge in [-0.05, 0) is 50.1 Å². The Hall–Kier alpha value is -2.73. The van der Waals surface area contributed by atoms with Crippen LogP contribution in [0.3, 0.4) is 0 Å². The molecule has 0 spiro atoms. The fraction of sp³-hybridized carbons (Fsp3) is 0.273. The smallest absolute Gasteiger partial charge is 0.191 e. The van der Waals surface area contributed by atoms with Gasteiger partial charge in [0.15, 0.2) is 11.0 Å². The summed E-state index contributed by atoms with van der Waals surface area (Å²) >= 11 is 1.68. The minimum atomic E-state index is 0.631. The lowest BCUT2D eigenvalue weighted by Gasteiger charge is -2.09. The number of hydrogen-bond donors (Lipinski definition) is 1. The zero-order chi connectivity index (χ0) is 19.5. The number of nitrogens with zero attached hydrogens (tertiary/aromatic N) is 3. The van der Waals surface area contributed by atoms with Crippen molar-refractivity contribution < 1.29 is 4.74 Å². The minimum absolute atomic E-state index is 0.631. The van der Waals surface area contributed by atoms with Gasteiger partial charge in [0.25, 0.3) is 0 Å². The van der Waals surface area contributed by atoms with E-state index in [2.05, 4.69) is 64.8 Å². The Kier molecular flexibility index (Phi) is 5.39. The van der Waals surface area contributed by atoms with Crippen LogP contribution in [-0.2, 0) is 6.54 Å². The molecule has 0 atom stereocenters. The first kappa shape index (κ1) is 18.6. The Balaban J connectivity index is 1.45. The monoisotopic (exact) mass is 392 g/mol. The van der Waals surface area contributed by atoms with E-state index in [1.165, 1.54) is 16.5 Å². The Morgan fingerprint density at radius 2 is 1.93 bits per heavy atom. The number of aromatic amines is 1. The van der Waals surface area contributed by atoms with Crippen LogP contribution in [0.4, 0.5) is 0 Å². The summed E-state index contributed by atoms with van der Waals surface area (Å²) in [7, 11) is 0. The highest BCUT2D eigenvalue weighted by Crippen LogP contribution is 2.30. The molecule has 28 heavy (non-hydrogen) atoms. The second kappa shape index (κ2) is 8.10. The molecule has 0 unspecified atom stereocenters. The molecule has 0 aliphatic carbocycles. The lowest BCUT2D eigenvalue weighted by molar-refractivity contribution is 0.343. The third-order valence-electron chi connectivity index (χ3n) is 4.92. The molecule has 2 aromatic heterocycles. The molecule has 4 rings (SSSR count). The van der Waals surface area contributed by atoms with Crippen molar-refractivity contribution in [3.05, 3.63) is 59.8 Å². The molecule has 0 aliphatic rings. The first-order valence-electron chi connectivity index (χ1n) is 9.50. The van der Waals surface area contributed by atoms with Crippen molar-refractivity contribution in [2.45, 2.75) is 32.5 Å². The van der Waals surface area contributed by atoms with Gasteiger partial charge in [0.1, 0.15) is 5.75 Å². The van der Waals surface area contributed by atoms with Crippen molar-refractivity contribution in [1.82, 2.24) is 19.7 Å². The highest BCUT2D eigenvalue weighted by molar-refractivity contribution is 7.99. The van der Waals surface area contributed by atoms with Crippen molar-refractivity contribution in [2.75, 3.05) is 12.4 Å². The van der Waals surface area contributed by atoms with Crippen molar-refractivity contribution in [3.8, 4) is 17.1 Å². The van der Waals surface area contributed by atoms with Crippen LogP contribution in [0.1, 0.15) is 18.1 Å². The molecular formula is C22H24N4OS. The van der Waals surface area contributed by atoms with Crippen LogP contribution in [0.2, 0.25) is 0 Å². The van der Waals surface area contributed by atoms with E-state index in [0.29, 0.717) is 6.61 Å². The summed E-state index contributed by atoms with van der Waals surface area (Å²) in [6.07, 6.45) is 2.01. The molecule has 0 fully saturated rings. The summed E-state index contributed by atoms with van der Waals surface area (Å²) in [5.74, 6) is 2.64. The van der Waals surface area contributed by atoms with E-state index in [1.807, 2.05) is 24.4 Å². The van der Waals surface area contributed by atoms with Gasteiger partial charge in [0.2, 0.25) is 0 Å². The van der Waals surface area contributed by atoms with Gasteiger partial charge in [0.05, 0.1) is 6.61 Å². The predicted molar refractivity (Wildman–Crippen MR) is 115 cm³/mol. The van der Waals surface area contributed by atoms with Gasteiger partial charge in [-0.3, -0.25) is 0 Å². The summed E-state index contributed by atoms with van der Waals surface area (Å²) in [4.78, 5) is 3.32. The average molecular weight is 393 g/mol. The normalized spacial score (nSPS) is 11.2. The third kappa shape index (κ3) is 3.64. The van der Waals surface area contributed by atoms with E-state index >= 15 is 0 Å². The van der Waals surface area contributed by atoms with Gasteiger partial charge in [-0.2, -0.15) is 0 Å². The molecule has 0 amide bonds. The van der Waals surface area contributed by atoms with Crippen LogP contribution in [0.5, 0.6) is 5.75 Å². The Morgan fingerprint density at radius 3 is 2.75 bits per heavy atom. The summed E-state index contributed by atoms with van der Waals surface area (Å²) in [5, 5.41) is 11.0. The van der Waals surface area contributed by atoms with E-state index in [9.17, 15) is 0 Å². The van der Waals surface area contributed by atoms with Gasteiger partial charge in [-0.15, -0.1) is 10.2 Å². The van der Waals surface area contributed by atoms with Gasteiger partial charge in [0, 0.05) is 35.0 Å². The van der Waals surface area contributed by atoms with E-state index in [1.54, 1.807) is 11.8 Å². The maximum absolute atomic E-state index is 5.89. The van der Waals surface area contributed by atoms with Crippen molar-refractivity contribution in [3.63, 3.8) is 0 Å². The topological polar surface area (TPSA) is 55.7 Å². The third-order valence-corrected chi connectivity index (χ3v) is 5.86. The number of rotatable bonds is 7. The van der Waals surface area contributed by atoms with Crippen molar-refractivity contribution in [1.29, 1.82) is 0 Å². The van der Waals surface area contributed by atoms with E-state index in [0.717, 1.165) is 40.1 Å². The number of benzene rings is 2. The number of hydrogen-bond acceptors (Lipinski definition) is 4. The highest BCUT2D eigenvalue weighted by atomic mass is 32.2. The fourth-order valence-electron chi connectivity index (χ4n) is 3.23. The van der Waals surface area contributed by atoms with Crippen LogP contribution in [0.25, 0.3) is 22.3 Å². The summed E-state index contributed by atoms with van der Waals surface area (Å²) < 4.78 is 8.05. The maximum atomic E-state index is 5.89. The van der Waals surface area contributed by atoms with Crippen LogP contribution in [0.15, 0.2) is 53.8 Å². The average Bonchev–Trinajstić information content (AvgIpc) is 3.31. The van der Waals surface area contributed by atoms with E-state index in [-0.39, 0.29) is 0 Å². The number of H-pyrrole nitrogens is 1. The Bertz CT molecular complexity index is 1100. The largest absolute Gasteiger partial charge is 0.493 e. The summed E-state index contributed by atoms with van der Waals surface area (Å²) in [5.41, 5.74) is 4.73. The number of para-hydroxylation sites is 1. The number of fused-ring (bicyclic) bond motifs is 1. The molecule has 144 valence electrons. The fourth-order valence-corrected chi connectivity index (χ4v) is 4.05. The van der Waals surface area contributed by atoms with E-state index in [4.69, 9.17) is 4.74 Å². The second-order valence-electron chi connectivity index (χ2n) is 6.74. The van der Waals surface area contributed by atoms with Gasteiger partial charge in [-0.25, -0.2) is 0 Å². The molecule has 0 saturated heterocycles. The Labute approximate surface area is 169 Å². The predicted octanol–water partition coefficient (Wildman–Crippen LogP) is 5.23. The zero-order valence-corrected chi connectivity index (χ0v) is 17.2. The lowest BCUT2D eigenvalue weighted by atomic mass is 10.1. The Morgan fingerprint density at radius 1 is 1.07 bits per heavy atom. The van der Waals surface area contributed by atoms with Crippen LogP contribution in [0, 0.1) is 13.8 Å². The molecular weight excluding hydrogens is 368 g/mol. The van der Waals surface area contributed by atoms with Crippen molar-refractivity contribution in [2.24, 2.45) is 0 Å². The number of ether oxygens (including phenoxy) is 1. The molecule has 0 saturated carbocycles. The molecule has 6 heteroatoms. The number of aryl methyl sites for hydroxylation is 2. The number of nitrogens with one attached hydrogen (secondary N) is 1. The molecule has 2 heterocycles. The van der Waals surface area contributed by atoms with Gasteiger partial charge >= 0.3 is 0 Å². The zero-order valence-electron chi connectivity index (χ0n) is 16.4. The van der Waals surface area contributed by atoms with Gasteiger partial charge in [-0.1, -0.05) is 36.0 Å². The SMILES string of the molecule is CCn1c(SCCOc2ccc(C)c(C)c2)nnc1-c1c[nH]c2ccccc12. The molecule has 0 radical (unpaired) electrons. The molecule has 1 N–H and O–H groups in total. The second-order valence-corrected chi connectivity index (χ2v) is 7.80. The number of thioether (sulfide) groups is 1.